The van der Waals surface area contributed by atoms with Crippen LogP contribution in [0.25, 0.3) is 0 Å². The number of carbonyl (C=O) groups excluding carboxylic acids is 1. The SMILES string of the molecule is O=COC(Cc1ccccc1)Cc1nn[nH]c1O. The minimum absolute atomic E-state index is 0.0949. The van der Waals surface area contributed by atoms with Crippen molar-refractivity contribution in [2.45, 2.75) is 18.9 Å². The molecular formula is C12H13N3O3. The number of nitrogens with one attached hydrogen (secondary N) is 1. The van der Waals surface area contributed by atoms with Crippen molar-refractivity contribution in [1.29, 1.82) is 0 Å². The van der Waals surface area contributed by atoms with Crippen LogP contribution in [0.15, 0.2) is 30.3 Å². The second-order valence-electron chi connectivity index (χ2n) is 3.86. The fourth-order valence-electron chi connectivity index (χ4n) is 1.72. The summed E-state index contributed by atoms with van der Waals surface area (Å²) in [4.78, 5) is 10.5. The smallest absolute Gasteiger partial charge is 0.293 e. The Morgan fingerprint density at radius 2 is 2.11 bits per heavy atom. The molecule has 94 valence electrons. The predicted molar refractivity (Wildman–Crippen MR) is 62.8 cm³/mol. The molecule has 0 spiro atoms. The Morgan fingerprint density at radius 1 is 1.33 bits per heavy atom. The minimum Gasteiger partial charge on any atom is -0.492 e. The topological polar surface area (TPSA) is 88.1 Å². The molecule has 1 heterocycles. The molecule has 0 radical (unpaired) electrons. The number of hydrogen-bond acceptors (Lipinski definition) is 5. The average molecular weight is 247 g/mol. The third kappa shape index (κ3) is 3.07. The van der Waals surface area contributed by atoms with Crippen LogP contribution in [0.2, 0.25) is 0 Å². The van der Waals surface area contributed by atoms with Gasteiger partial charge in [-0.1, -0.05) is 35.5 Å². The molecule has 0 amide bonds. The van der Waals surface area contributed by atoms with Gasteiger partial charge in [-0.3, -0.25) is 4.79 Å². The summed E-state index contributed by atoms with van der Waals surface area (Å²) >= 11 is 0. The van der Waals surface area contributed by atoms with Crippen LogP contribution in [0.5, 0.6) is 5.88 Å². The fraction of sp³-hybridized carbons (Fsp3) is 0.250. The lowest BCUT2D eigenvalue weighted by Crippen LogP contribution is -2.19. The largest absolute Gasteiger partial charge is 0.492 e. The highest BCUT2D eigenvalue weighted by molar-refractivity contribution is 5.38. The number of ether oxygens (including phenoxy) is 1. The van der Waals surface area contributed by atoms with Gasteiger partial charge in [-0.05, 0) is 5.56 Å². The van der Waals surface area contributed by atoms with Crippen molar-refractivity contribution in [3.05, 3.63) is 41.6 Å². The maximum absolute atomic E-state index is 10.5. The first-order valence-electron chi connectivity index (χ1n) is 5.51. The van der Waals surface area contributed by atoms with Crippen LogP contribution in [0, 0.1) is 0 Å². The quantitative estimate of drug-likeness (QED) is 0.738. The molecule has 0 bridgehead atoms. The Labute approximate surface area is 104 Å². The third-order valence-electron chi connectivity index (χ3n) is 2.58. The van der Waals surface area contributed by atoms with Crippen molar-refractivity contribution in [3.63, 3.8) is 0 Å². The molecular weight excluding hydrogens is 234 g/mol. The molecule has 1 atom stereocenters. The number of aromatic nitrogens is 3. The molecule has 0 fully saturated rings. The van der Waals surface area contributed by atoms with E-state index in [0.29, 0.717) is 25.0 Å². The predicted octanol–water partition coefficient (Wildman–Crippen LogP) is 0.837. The molecule has 6 heteroatoms. The van der Waals surface area contributed by atoms with Crippen LogP contribution in [0.1, 0.15) is 11.3 Å². The van der Waals surface area contributed by atoms with E-state index in [4.69, 9.17) is 4.74 Å². The Balaban J connectivity index is 2.04. The molecule has 2 rings (SSSR count). The molecule has 2 N–H and O–H groups in total. The maximum atomic E-state index is 10.5. The summed E-state index contributed by atoms with van der Waals surface area (Å²) < 4.78 is 5.00. The van der Waals surface area contributed by atoms with E-state index in [-0.39, 0.29) is 12.0 Å². The molecule has 0 saturated carbocycles. The number of hydrogen-bond donors (Lipinski definition) is 2. The van der Waals surface area contributed by atoms with Crippen molar-refractivity contribution in [2.75, 3.05) is 0 Å². The Hall–Kier alpha value is -2.37. The number of nitrogens with zero attached hydrogens (tertiary/aromatic N) is 2. The van der Waals surface area contributed by atoms with Gasteiger partial charge in [-0.25, -0.2) is 5.10 Å². The van der Waals surface area contributed by atoms with Gasteiger partial charge in [0, 0.05) is 12.8 Å². The zero-order chi connectivity index (χ0) is 12.8. The second kappa shape index (κ2) is 5.81. The summed E-state index contributed by atoms with van der Waals surface area (Å²) in [7, 11) is 0. The van der Waals surface area contributed by atoms with E-state index in [1.165, 1.54) is 0 Å². The summed E-state index contributed by atoms with van der Waals surface area (Å²) in [5.74, 6) is -0.0949. The molecule has 1 aromatic carbocycles. The molecule has 0 aliphatic rings. The van der Waals surface area contributed by atoms with Crippen molar-refractivity contribution in [2.24, 2.45) is 0 Å². The Morgan fingerprint density at radius 3 is 2.72 bits per heavy atom. The molecule has 2 aromatic rings. The van der Waals surface area contributed by atoms with E-state index < -0.39 is 0 Å². The third-order valence-corrected chi connectivity index (χ3v) is 2.58. The summed E-state index contributed by atoms with van der Waals surface area (Å²) in [6.07, 6.45) is 0.503. The molecule has 1 aromatic heterocycles. The van der Waals surface area contributed by atoms with Crippen molar-refractivity contribution in [1.82, 2.24) is 15.4 Å². The molecule has 18 heavy (non-hydrogen) atoms. The number of aromatic amines is 1. The van der Waals surface area contributed by atoms with Crippen LogP contribution in [0.3, 0.4) is 0 Å². The van der Waals surface area contributed by atoms with E-state index >= 15 is 0 Å². The van der Waals surface area contributed by atoms with Gasteiger partial charge in [0.05, 0.1) is 0 Å². The van der Waals surface area contributed by atoms with Crippen LogP contribution in [0.4, 0.5) is 0 Å². The number of rotatable bonds is 6. The number of carbonyl (C=O) groups is 1. The van der Waals surface area contributed by atoms with Gasteiger partial charge in [0.2, 0.25) is 5.88 Å². The van der Waals surface area contributed by atoms with E-state index in [0.717, 1.165) is 5.56 Å². The van der Waals surface area contributed by atoms with Crippen LogP contribution >= 0.6 is 0 Å². The van der Waals surface area contributed by atoms with E-state index in [1.54, 1.807) is 0 Å². The van der Waals surface area contributed by atoms with E-state index in [2.05, 4.69) is 15.4 Å². The number of benzene rings is 1. The lowest BCUT2D eigenvalue weighted by molar-refractivity contribution is -0.133. The number of aromatic hydroxyl groups is 1. The summed E-state index contributed by atoms with van der Waals surface area (Å²) in [6, 6.07) is 9.65. The molecule has 0 aliphatic heterocycles. The summed E-state index contributed by atoms with van der Waals surface area (Å²) in [6.45, 7) is 0.407. The fourth-order valence-corrected chi connectivity index (χ4v) is 1.72. The van der Waals surface area contributed by atoms with Crippen LogP contribution in [-0.2, 0) is 22.4 Å². The normalized spacial score (nSPS) is 12.0. The highest BCUT2D eigenvalue weighted by atomic mass is 16.5. The maximum Gasteiger partial charge on any atom is 0.293 e. The summed E-state index contributed by atoms with van der Waals surface area (Å²) in [5, 5.41) is 18.9. The van der Waals surface area contributed by atoms with Gasteiger partial charge in [0.1, 0.15) is 11.8 Å². The monoisotopic (exact) mass is 247 g/mol. The van der Waals surface area contributed by atoms with Crippen molar-refractivity contribution < 1.29 is 14.6 Å². The van der Waals surface area contributed by atoms with E-state index in [1.807, 2.05) is 30.3 Å². The van der Waals surface area contributed by atoms with Gasteiger partial charge in [-0.2, -0.15) is 0 Å². The minimum atomic E-state index is -0.374. The van der Waals surface area contributed by atoms with Gasteiger partial charge in [0.15, 0.2) is 0 Å². The van der Waals surface area contributed by atoms with E-state index in [9.17, 15) is 9.90 Å². The zero-order valence-electron chi connectivity index (χ0n) is 9.61. The lowest BCUT2D eigenvalue weighted by atomic mass is 10.0. The second-order valence-corrected chi connectivity index (χ2v) is 3.86. The van der Waals surface area contributed by atoms with Crippen molar-refractivity contribution in [3.8, 4) is 5.88 Å². The first-order chi connectivity index (χ1) is 8.79. The highest BCUT2D eigenvalue weighted by Crippen LogP contribution is 2.15. The van der Waals surface area contributed by atoms with Gasteiger partial charge >= 0.3 is 0 Å². The highest BCUT2D eigenvalue weighted by Gasteiger charge is 2.16. The van der Waals surface area contributed by atoms with Gasteiger partial charge in [-0.15, -0.1) is 5.10 Å². The Bertz CT molecular complexity index is 498. The summed E-state index contributed by atoms with van der Waals surface area (Å²) in [5.41, 5.74) is 1.44. The number of H-pyrrole nitrogens is 1. The van der Waals surface area contributed by atoms with Gasteiger partial charge in [0.25, 0.3) is 6.47 Å². The molecule has 6 nitrogen and oxygen atoms in total. The molecule has 0 aliphatic carbocycles. The lowest BCUT2D eigenvalue weighted by Gasteiger charge is -2.13. The van der Waals surface area contributed by atoms with Crippen LogP contribution in [-0.4, -0.2) is 33.1 Å². The first-order valence-corrected chi connectivity index (χ1v) is 5.51. The average Bonchev–Trinajstić information content (AvgIpc) is 2.77. The van der Waals surface area contributed by atoms with Crippen molar-refractivity contribution >= 4 is 6.47 Å². The molecule has 0 saturated heterocycles. The van der Waals surface area contributed by atoms with Gasteiger partial charge < -0.3 is 9.84 Å². The van der Waals surface area contributed by atoms with Crippen LogP contribution < -0.4 is 0 Å². The standard InChI is InChI=1S/C12H13N3O3/c16-8-18-10(6-9-4-2-1-3-5-9)7-11-12(17)14-15-13-11/h1-5,8,10H,6-7H2,(H2,13,14,15,17). The first kappa shape index (κ1) is 12.1. The zero-order valence-corrected chi connectivity index (χ0v) is 9.61. The Kier molecular flexibility index (Phi) is 3.90. The molecule has 1 unspecified atom stereocenters.